The summed E-state index contributed by atoms with van der Waals surface area (Å²) in [6.07, 6.45) is 3.47. The van der Waals surface area contributed by atoms with E-state index in [-0.39, 0.29) is 11.4 Å². The first-order chi connectivity index (χ1) is 7.11. The van der Waals surface area contributed by atoms with Gasteiger partial charge in [0.05, 0.1) is 6.54 Å². The van der Waals surface area contributed by atoms with E-state index >= 15 is 0 Å². The molecule has 1 heterocycles. The second-order valence-electron chi connectivity index (χ2n) is 5.08. The largest absolute Gasteiger partial charge is 0.342 e. The Labute approximate surface area is 91.4 Å². The van der Waals surface area contributed by atoms with Crippen molar-refractivity contribution in [1.29, 1.82) is 0 Å². The SMILES string of the molecule is CN(C(=O)CNC1(C)CCNC1)C1CC1. The lowest BCUT2D eigenvalue weighted by atomic mass is 10.0. The second kappa shape index (κ2) is 4.10. The van der Waals surface area contributed by atoms with Gasteiger partial charge in [-0.1, -0.05) is 0 Å². The van der Waals surface area contributed by atoms with Crippen molar-refractivity contribution in [3.63, 3.8) is 0 Å². The monoisotopic (exact) mass is 211 g/mol. The van der Waals surface area contributed by atoms with Crippen molar-refractivity contribution in [1.82, 2.24) is 15.5 Å². The molecule has 0 spiro atoms. The zero-order valence-electron chi connectivity index (χ0n) is 9.68. The number of rotatable bonds is 4. The number of hydrogen-bond acceptors (Lipinski definition) is 3. The molecule has 1 saturated heterocycles. The molecule has 0 radical (unpaired) electrons. The zero-order chi connectivity index (χ0) is 10.9. The second-order valence-corrected chi connectivity index (χ2v) is 5.08. The Morgan fingerprint density at radius 3 is 2.87 bits per heavy atom. The van der Waals surface area contributed by atoms with E-state index in [1.165, 1.54) is 12.8 Å². The normalized spacial score (nSPS) is 30.5. The van der Waals surface area contributed by atoms with Crippen LogP contribution in [-0.2, 0) is 4.79 Å². The van der Waals surface area contributed by atoms with Crippen LogP contribution in [0.2, 0.25) is 0 Å². The molecule has 1 saturated carbocycles. The topological polar surface area (TPSA) is 44.4 Å². The first-order valence-corrected chi connectivity index (χ1v) is 5.82. The van der Waals surface area contributed by atoms with Crippen molar-refractivity contribution in [2.45, 2.75) is 37.8 Å². The van der Waals surface area contributed by atoms with Gasteiger partial charge in [-0.05, 0) is 32.7 Å². The molecule has 0 bridgehead atoms. The fraction of sp³-hybridized carbons (Fsp3) is 0.909. The number of carbonyl (C=O) groups excluding carboxylic acids is 1. The fourth-order valence-corrected chi connectivity index (χ4v) is 2.05. The van der Waals surface area contributed by atoms with Crippen molar-refractivity contribution in [2.75, 3.05) is 26.7 Å². The highest BCUT2D eigenvalue weighted by molar-refractivity contribution is 5.78. The molecule has 15 heavy (non-hydrogen) atoms. The highest BCUT2D eigenvalue weighted by atomic mass is 16.2. The lowest BCUT2D eigenvalue weighted by Gasteiger charge is -2.26. The third kappa shape index (κ3) is 2.69. The van der Waals surface area contributed by atoms with Gasteiger partial charge in [-0.3, -0.25) is 4.79 Å². The number of nitrogens with one attached hydrogen (secondary N) is 2. The van der Waals surface area contributed by atoms with Gasteiger partial charge in [-0.2, -0.15) is 0 Å². The number of likely N-dealkylation sites (N-methyl/N-ethyl adjacent to an activating group) is 1. The lowest BCUT2D eigenvalue weighted by Crippen LogP contribution is -2.49. The summed E-state index contributed by atoms with van der Waals surface area (Å²) >= 11 is 0. The maximum absolute atomic E-state index is 11.8. The molecule has 1 aliphatic carbocycles. The number of nitrogens with zero attached hydrogens (tertiary/aromatic N) is 1. The van der Waals surface area contributed by atoms with Crippen LogP contribution in [0, 0.1) is 0 Å². The zero-order valence-corrected chi connectivity index (χ0v) is 9.68. The van der Waals surface area contributed by atoms with Gasteiger partial charge in [0, 0.05) is 25.2 Å². The molecule has 4 nitrogen and oxygen atoms in total. The number of amides is 1. The van der Waals surface area contributed by atoms with Gasteiger partial charge in [-0.25, -0.2) is 0 Å². The van der Waals surface area contributed by atoms with Gasteiger partial charge >= 0.3 is 0 Å². The third-order valence-electron chi connectivity index (χ3n) is 3.52. The molecule has 0 aromatic heterocycles. The van der Waals surface area contributed by atoms with E-state index in [9.17, 15) is 4.79 Å². The number of carbonyl (C=O) groups is 1. The Bertz CT molecular complexity index is 244. The average molecular weight is 211 g/mol. The molecular formula is C11H21N3O. The van der Waals surface area contributed by atoms with Crippen molar-refractivity contribution in [3.8, 4) is 0 Å². The van der Waals surface area contributed by atoms with Gasteiger partial charge in [-0.15, -0.1) is 0 Å². The van der Waals surface area contributed by atoms with E-state index in [4.69, 9.17) is 0 Å². The minimum absolute atomic E-state index is 0.111. The van der Waals surface area contributed by atoms with Crippen LogP contribution in [0.4, 0.5) is 0 Å². The molecule has 4 heteroatoms. The minimum atomic E-state index is 0.111. The van der Waals surface area contributed by atoms with E-state index in [0.717, 1.165) is 19.5 Å². The van der Waals surface area contributed by atoms with Crippen LogP contribution >= 0.6 is 0 Å². The Balaban J connectivity index is 1.74. The van der Waals surface area contributed by atoms with Crippen LogP contribution in [0.25, 0.3) is 0 Å². The molecule has 2 fully saturated rings. The van der Waals surface area contributed by atoms with Gasteiger partial charge < -0.3 is 15.5 Å². The minimum Gasteiger partial charge on any atom is -0.342 e. The molecule has 86 valence electrons. The summed E-state index contributed by atoms with van der Waals surface area (Å²) in [4.78, 5) is 13.7. The summed E-state index contributed by atoms with van der Waals surface area (Å²) in [5.41, 5.74) is 0.111. The van der Waals surface area contributed by atoms with E-state index < -0.39 is 0 Å². The Morgan fingerprint density at radius 1 is 1.60 bits per heavy atom. The van der Waals surface area contributed by atoms with Crippen LogP contribution in [0.5, 0.6) is 0 Å². The van der Waals surface area contributed by atoms with E-state index in [1.54, 1.807) is 0 Å². The van der Waals surface area contributed by atoms with Crippen molar-refractivity contribution >= 4 is 5.91 Å². The molecular weight excluding hydrogens is 190 g/mol. The van der Waals surface area contributed by atoms with E-state index in [2.05, 4.69) is 17.6 Å². The van der Waals surface area contributed by atoms with Gasteiger partial charge in [0.25, 0.3) is 0 Å². The Kier molecular flexibility index (Phi) is 2.98. The summed E-state index contributed by atoms with van der Waals surface area (Å²) in [6.45, 7) is 4.67. The Hall–Kier alpha value is -0.610. The van der Waals surface area contributed by atoms with E-state index in [0.29, 0.717) is 12.6 Å². The van der Waals surface area contributed by atoms with Crippen molar-refractivity contribution in [2.24, 2.45) is 0 Å². The van der Waals surface area contributed by atoms with Crippen LogP contribution < -0.4 is 10.6 Å². The van der Waals surface area contributed by atoms with Crippen molar-refractivity contribution in [3.05, 3.63) is 0 Å². The maximum Gasteiger partial charge on any atom is 0.236 e. The highest BCUT2D eigenvalue weighted by Crippen LogP contribution is 2.25. The maximum atomic E-state index is 11.8. The van der Waals surface area contributed by atoms with Crippen LogP contribution in [0.3, 0.4) is 0 Å². The lowest BCUT2D eigenvalue weighted by molar-refractivity contribution is -0.129. The quantitative estimate of drug-likeness (QED) is 0.685. The molecule has 1 unspecified atom stereocenters. The summed E-state index contributed by atoms with van der Waals surface area (Å²) < 4.78 is 0. The first-order valence-electron chi connectivity index (χ1n) is 5.82. The van der Waals surface area contributed by atoms with Gasteiger partial charge in [0.15, 0.2) is 0 Å². The fourth-order valence-electron chi connectivity index (χ4n) is 2.05. The predicted molar refractivity (Wildman–Crippen MR) is 59.7 cm³/mol. The molecule has 0 aromatic carbocycles. The summed E-state index contributed by atoms with van der Waals surface area (Å²) in [7, 11) is 1.91. The smallest absolute Gasteiger partial charge is 0.236 e. The van der Waals surface area contributed by atoms with Crippen LogP contribution in [-0.4, -0.2) is 49.1 Å². The van der Waals surface area contributed by atoms with Crippen LogP contribution in [0.1, 0.15) is 26.2 Å². The third-order valence-corrected chi connectivity index (χ3v) is 3.52. The standard InChI is InChI=1S/C11H21N3O/c1-11(5-6-12-8-11)13-7-10(15)14(2)9-3-4-9/h9,12-13H,3-8H2,1-2H3. The molecule has 2 N–H and O–H groups in total. The molecule has 1 atom stereocenters. The van der Waals surface area contributed by atoms with Gasteiger partial charge in [0.1, 0.15) is 0 Å². The molecule has 1 amide bonds. The highest BCUT2D eigenvalue weighted by Gasteiger charge is 2.32. The molecule has 0 aromatic rings. The predicted octanol–water partition coefficient (Wildman–Crippen LogP) is -0.0512. The van der Waals surface area contributed by atoms with Crippen LogP contribution in [0.15, 0.2) is 0 Å². The Morgan fingerprint density at radius 2 is 2.33 bits per heavy atom. The molecule has 2 rings (SSSR count). The van der Waals surface area contributed by atoms with Gasteiger partial charge in [0.2, 0.25) is 5.91 Å². The summed E-state index contributed by atoms with van der Waals surface area (Å²) in [5, 5.41) is 6.68. The number of hydrogen-bond donors (Lipinski definition) is 2. The average Bonchev–Trinajstić information content (AvgIpc) is 2.98. The first kappa shape index (κ1) is 10.9. The molecule has 1 aliphatic heterocycles. The molecule has 2 aliphatic rings. The summed E-state index contributed by atoms with van der Waals surface area (Å²) in [5.74, 6) is 0.227. The summed E-state index contributed by atoms with van der Waals surface area (Å²) in [6, 6.07) is 0.522. The van der Waals surface area contributed by atoms with Crippen molar-refractivity contribution < 1.29 is 4.79 Å². The van der Waals surface area contributed by atoms with E-state index in [1.807, 2.05) is 11.9 Å².